The number of nitrogens with zero attached hydrogens (tertiary/aromatic N) is 3. The van der Waals surface area contributed by atoms with E-state index in [4.69, 9.17) is 9.47 Å². The van der Waals surface area contributed by atoms with E-state index in [0.717, 1.165) is 10.8 Å². The fraction of sp³-hybridized carbons (Fsp3) is 0.486. The van der Waals surface area contributed by atoms with Gasteiger partial charge in [0.2, 0.25) is 0 Å². The van der Waals surface area contributed by atoms with Crippen LogP contribution in [0.5, 0.6) is 0 Å². The number of fused-ring (bicyclic) bond motifs is 1. The van der Waals surface area contributed by atoms with Crippen molar-refractivity contribution in [2.24, 2.45) is 0 Å². The summed E-state index contributed by atoms with van der Waals surface area (Å²) in [6.07, 6.45) is -3.36. The van der Waals surface area contributed by atoms with E-state index in [-0.39, 0.29) is 29.3 Å². The Morgan fingerprint density at radius 3 is 2.12 bits per heavy atom. The number of carbonyl (C=O) groups is 2. The van der Waals surface area contributed by atoms with Crippen LogP contribution in [0.1, 0.15) is 60.1 Å². The Balaban J connectivity index is 1.62. The van der Waals surface area contributed by atoms with Crippen molar-refractivity contribution in [3.63, 3.8) is 0 Å². The molecule has 0 radical (unpaired) electrons. The Morgan fingerprint density at radius 1 is 0.959 bits per heavy atom. The molecule has 266 valence electrons. The summed E-state index contributed by atoms with van der Waals surface area (Å²) in [6.45, 7) is 9.90. The van der Waals surface area contributed by atoms with E-state index >= 15 is 0 Å². The molecule has 3 aromatic rings. The maximum atomic E-state index is 13.8. The van der Waals surface area contributed by atoms with Gasteiger partial charge in [-0.15, -0.1) is 0 Å². The van der Waals surface area contributed by atoms with Crippen molar-refractivity contribution < 1.29 is 40.7 Å². The Bertz CT molecular complexity index is 1840. The molecule has 1 saturated heterocycles. The molecule has 0 unspecified atom stereocenters. The Morgan fingerprint density at radius 2 is 1.57 bits per heavy atom. The SMILES string of the molecule is CC(C)(C)OC(=O)N1CCC(Nc2cccc3c2cc(C#CCN(C(=O)OC(C)(C)C)c2ccc(S(C)(=O)=O)cc2)n3CC(F)(F)F)CC1. The lowest BCUT2D eigenvalue weighted by atomic mass is 10.0. The minimum Gasteiger partial charge on any atom is -0.444 e. The maximum Gasteiger partial charge on any atom is 0.415 e. The molecule has 14 heteroatoms. The second kappa shape index (κ2) is 14.2. The van der Waals surface area contributed by atoms with Crippen LogP contribution in [0.3, 0.4) is 0 Å². The molecular formula is C35H43F3N4O6S. The Kier molecular flexibility index (Phi) is 10.9. The van der Waals surface area contributed by atoms with Crippen LogP contribution in [0.4, 0.5) is 34.1 Å². The van der Waals surface area contributed by atoms with Gasteiger partial charge >= 0.3 is 18.4 Å². The van der Waals surface area contributed by atoms with Crippen LogP contribution in [-0.4, -0.2) is 79.4 Å². The number of alkyl halides is 3. The zero-order valence-electron chi connectivity index (χ0n) is 28.8. The molecule has 1 N–H and O–H groups in total. The minimum absolute atomic E-state index is 0.0266. The number of halogens is 3. The highest BCUT2D eigenvalue weighted by atomic mass is 32.2. The molecule has 1 aliphatic heterocycles. The second-order valence-electron chi connectivity index (χ2n) is 14.0. The first-order valence-electron chi connectivity index (χ1n) is 15.8. The highest BCUT2D eigenvalue weighted by Crippen LogP contribution is 2.32. The van der Waals surface area contributed by atoms with E-state index in [9.17, 15) is 31.2 Å². The van der Waals surface area contributed by atoms with Gasteiger partial charge in [-0.25, -0.2) is 18.0 Å². The average Bonchev–Trinajstić information content (AvgIpc) is 3.30. The quantitative estimate of drug-likeness (QED) is 0.270. The summed E-state index contributed by atoms with van der Waals surface area (Å²) in [6, 6.07) is 12.2. The molecule has 2 heterocycles. The van der Waals surface area contributed by atoms with Crippen LogP contribution < -0.4 is 10.2 Å². The van der Waals surface area contributed by atoms with Crippen molar-refractivity contribution in [3.05, 3.63) is 54.2 Å². The molecule has 0 saturated carbocycles. The summed E-state index contributed by atoms with van der Waals surface area (Å²) < 4.78 is 77.5. The molecule has 4 rings (SSSR count). The van der Waals surface area contributed by atoms with Gasteiger partial charge in [0.05, 0.1) is 22.7 Å². The summed E-state index contributed by atoms with van der Waals surface area (Å²) in [7, 11) is -3.49. The van der Waals surface area contributed by atoms with Crippen LogP contribution in [0.2, 0.25) is 0 Å². The van der Waals surface area contributed by atoms with Gasteiger partial charge in [0.25, 0.3) is 0 Å². The summed E-state index contributed by atoms with van der Waals surface area (Å²) in [5.74, 6) is 5.66. The number of piperidine rings is 1. The molecule has 0 atom stereocenters. The largest absolute Gasteiger partial charge is 0.444 e. The fourth-order valence-electron chi connectivity index (χ4n) is 5.28. The van der Waals surface area contributed by atoms with Crippen molar-refractivity contribution >= 4 is 44.3 Å². The van der Waals surface area contributed by atoms with Crippen LogP contribution in [0.15, 0.2) is 53.4 Å². The third kappa shape index (κ3) is 10.6. The molecule has 1 aliphatic rings. The van der Waals surface area contributed by atoms with Crippen molar-refractivity contribution in [1.29, 1.82) is 0 Å². The van der Waals surface area contributed by atoms with Gasteiger partial charge in [-0.1, -0.05) is 12.0 Å². The number of hydrogen-bond acceptors (Lipinski definition) is 7. The lowest BCUT2D eigenvalue weighted by Gasteiger charge is -2.34. The van der Waals surface area contributed by atoms with Gasteiger partial charge in [-0.3, -0.25) is 4.90 Å². The third-order valence-electron chi connectivity index (χ3n) is 7.43. The molecule has 0 bridgehead atoms. The number of ether oxygens (including phenoxy) is 2. The number of amides is 2. The van der Waals surface area contributed by atoms with Gasteiger partial charge in [0, 0.05) is 42.1 Å². The first-order chi connectivity index (χ1) is 22.6. The summed E-state index contributed by atoms with van der Waals surface area (Å²) >= 11 is 0. The normalized spacial score (nSPS) is 14.6. The smallest absolute Gasteiger partial charge is 0.415 e. The summed E-state index contributed by atoms with van der Waals surface area (Å²) in [5.41, 5.74) is -0.0960. The molecule has 1 aromatic heterocycles. The van der Waals surface area contributed by atoms with Crippen LogP contribution in [-0.2, 0) is 25.9 Å². The van der Waals surface area contributed by atoms with E-state index in [1.165, 1.54) is 29.2 Å². The summed E-state index contributed by atoms with van der Waals surface area (Å²) in [5, 5.41) is 4.00. The van der Waals surface area contributed by atoms with Gasteiger partial charge in [-0.2, -0.15) is 13.2 Å². The highest BCUT2D eigenvalue weighted by Gasteiger charge is 2.31. The molecule has 2 aromatic carbocycles. The van der Waals surface area contributed by atoms with E-state index in [0.29, 0.717) is 48.2 Å². The lowest BCUT2D eigenvalue weighted by Crippen LogP contribution is -2.44. The standard InChI is InChI=1S/C35H43F3N4O6S/c1-33(2,3)47-31(43)40-20-17-24(18-21-40)39-29-11-8-12-30-28(29)22-26(42(30)23-35(36,37)38)10-9-19-41(32(44)48-34(4,5)6)25-13-15-27(16-14-25)49(7,45)46/h8,11-16,22,24,39H,17-21,23H2,1-7H3. The predicted molar refractivity (Wildman–Crippen MR) is 182 cm³/mol. The molecule has 49 heavy (non-hydrogen) atoms. The van der Waals surface area contributed by atoms with Gasteiger partial charge in [0.1, 0.15) is 17.7 Å². The lowest BCUT2D eigenvalue weighted by molar-refractivity contribution is -0.140. The van der Waals surface area contributed by atoms with Crippen molar-refractivity contribution in [1.82, 2.24) is 9.47 Å². The number of likely N-dealkylation sites (tertiary alicyclic amines) is 1. The summed E-state index contributed by atoms with van der Waals surface area (Å²) in [4.78, 5) is 28.5. The number of hydrogen-bond donors (Lipinski definition) is 1. The number of sulfone groups is 1. The van der Waals surface area contributed by atoms with Gasteiger partial charge < -0.3 is 24.3 Å². The zero-order valence-corrected chi connectivity index (χ0v) is 29.6. The van der Waals surface area contributed by atoms with E-state index in [2.05, 4.69) is 17.2 Å². The van der Waals surface area contributed by atoms with E-state index < -0.39 is 39.9 Å². The highest BCUT2D eigenvalue weighted by molar-refractivity contribution is 7.90. The molecule has 0 aliphatic carbocycles. The average molecular weight is 705 g/mol. The van der Waals surface area contributed by atoms with E-state index in [1.54, 1.807) is 49.9 Å². The van der Waals surface area contributed by atoms with Crippen LogP contribution >= 0.6 is 0 Å². The zero-order chi connectivity index (χ0) is 36.4. The van der Waals surface area contributed by atoms with E-state index in [1.807, 2.05) is 20.8 Å². The number of carbonyl (C=O) groups excluding carboxylic acids is 2. The van der Waals surface area contributed by atoms with Crippen LogP contribution in [0.25, 0.3) is 10.9 Å². The molecule has 0 spiro atoms. The number of rotatable bonds is 6. The van der Waals surface area contributed by atoms with Gasteiger partial charge in [0.15, 0.2) is 9.84 Å². The van der Waals surface area contributed by atoms with Crippen molar-refractivity contribution in [3.8, 4) is 11.8 Å². The van der Waals surface area contributed by atoms with Crippen LogP contribution in [0, 0.1) is 11.8 Å². The molecular weight excluding hydrogens is 661 g/mol. The Hall–Kier alpha value is -4.38. The first-order valence-corrected chi connectivity index (χ1v) is 17.7. The van der Waals surface area contributed by atoms with Crippen molar-refractivity contribution in [2.75, 3.05) is 36.1 Å². The monoisotopic (exact) mass is 704 g/mol. The number of nitrogens with one attached hydrogen (secondary N) is 1. The number of aromatic nitrogens is 1. The van der Waals surface area contributed by atoms with Gasteiger partial charge in [-0.05, 0) is 103 Å². The number of benzene rings is 2. The second-order valence-corrected chi connectivity index (χ2v) is 16.0. The predicted octanol–water partition coefficient (Wildman–Crippen LogP) is 7.21. The topological polar surface area (TPSA) is 110 Å². The minimum atomic E-state index is -4.54. The first kappa shape index (κ1) is 37.4. The molecule has 2 amide bonds. The Labute approximate surface area is 285 Å². The molecule has 10 nitrogen and oxygen atoms in total. The number of anilines is 2. The maximum absolute atomic E-state index is 13.8. The van der Waals surface area contributed by atoms with Crippen molar-refractivity contribution in [2.45, 2.75) is 89.2 Å². The molecule has 1 fully saturated rings. The third-order valence-corrected chi connectivity index (χ3v) is 8.56. The fourth-order valence-corrected chi connectivity index (χ4v) is 5.91.